The Morgan fingerprint density at radius 2 is 1.75 bits per heavy atom. The fraction of sp³-hybridized carbons (Fsp3) is 1.00. The molecule has 12 heavy (non-hydrogen) atoms. The standard InChI is InChI=1S/C5H13O4P.2H3N/c1-2-3-4-5-9-10(6,7)8;;/h2-5H2,1H3,(H2,6,7,8);2*1H3. The highest BCUT2D eigenvalue weighted by molar-refractivity contribution is 7.46. The molecule has 0 aromatic carbocycles. The first kappa shape index (κ1) is 17.9. The maximum atomic E-state index is 10.1. The van der Waals surface area contributed by atoms with E-state index in [4.69, 9.17) is 9.79 Å². The van der Waals surface area contributed by atoms with Crippen molar-refractivity contribution in [3.05, 3.63) is 0 Å². The number of unbranched alkanes of at least 4 members (excludes halogenated alkanes) is 2. The second kappa shape index (κ2) is 9.12. The van der Waals surface area contributed by atoms with Crippen molar-refractivity contribution in [2.75, 3.05) is 6.61 Å². The van der Waals surface area contributed by atoms with Gasteiger partial charge < -0.3 is 22.1 Å². The molecule has 78 valence electrons. The predicted molar refractivity (Wildman–Crippen MR) is 47.6 cm³/mol. The van der Waals surface area contributed by atoms with Crippen molar-refractivity contribution < 1.29 is 18.9 Å². The van der Waals surface area contributed by atoms with E-state index in [0.29, 0.717) is 6.42 Å². The van der Waals surface area contributed by atoms with Gasteiger partial charge in [-0.05, 0) is 6.42 Å². The summed E-state index contributed by atoms with van der Waals surface area (Å²) in [4.78, 5) is 16.4. The highest BCUT2D eigenvalue weighted by Gasteiger charge is 2.11. The summed E-state index contributed by atoms with van der Waals surface area (Å²) < 4.78 is 14.3. The van der Waals surface area contributed by atoms with Crippen LogP contribution in [0.5, 0.6) is 0 Å². The van der Waals surface area contributed by atoms with Crippen molar-refractivity contribution >= 4 is 7.82 Å². The Morgan fingerprint density at radius 3 is 2.08 bits per heavy atom. The Labute approximate surface area is 72.7 Å². The molecule has 0 radical (unpaired) electrons. The van der Waals surface area contributed by atoms with E-state index in [-0.39, 0.29) is 18.9 Å². The van der Waals surface area contributed by atoms with Crippen LogP contribution in [0, 0.1) is 0 Å². The van der Waals surface area contributed by atoms with Gasteiger partial charge in [-0.1, -0.05) is 19.8 Å². The minimum Gasteiger partial charge on any atom is -0.344 e. The normalized spacial score (nSPS) is 9.92. The van der Waals surface area contributed by atoms with Gasteiger partial charge in [-0.25, -0.2) is 4.57 Å². The summed E-state index contributed by atoms with van der Waals surface area (Å²) in [5.74, 6) is 0. The first-order valence-electron chi connectivity index (χ1n) is 3.26. The third-order valence-corrected chi connectivity index (χ3v) is 1.53. The Morgan fingerprint density at radius 1 is 1.25 bits per heavy atom. The van der Waals surface area contributed by atoms with Gasteiger partial charge in [0.25, 0.3) is 0 Å². The van der Waals surface area contributed by atoms with Crippen LogP contribution in [-0.4, -0.2) is 16.4 Å². The van der Waals surface area contributed by atoms with E-state index in [2.05, 4.69) is 4.52 Å². The molecule has 0 aromatic heterocycles. The van der Waals surface area contributed by atoms with Crippen LogP contribution in [0.25, 0.3) is 0 Å². The molecule has 0 aromatic rings. The van der Waals surface area contributed by atoms with Gasteiger partial charge in [0.1, 0.15) is 0 Å². The van der Waals surface area contributed by atoms with Gasteiger partial charge in [0.15, 0.2) is 0 Å². The number of rotatable bonds is 5. The lowest BCUT2D eigenvalue weighted by molar-refractivity contribution is 0.193. The number of hydrogen-bond donors (Lipinski definition) is 4. The van der Waals surface area contributed by atoms with Crippen molar-refractivity contribution in [1.29, 1.82) is 0 Å². The molecule has 0 saturated carbocycles. The summed E-state index contributed by atoms with van der Waals surface area (Å²) in [6, 6.07) is 0. The van der Waals surface area contributed by atoms with Crippen molar-refractivity contribution in [1.82, 2.24) is 12.3 Å². The summed E-state index contributed by atoms with van der Waals surface area (Å²) in [5.41, 5.74) is 0. The topological polar surface area (TPSA) is 137 Å². The third kappa shape index (κ3) is 16.5. The van der Waals surface area contributed by atoms with E-state index in [0.717, 1.165) is 12.8 Å². The molecule has 0 aliphatic rings. The van der Waals surface area contributed by atoms with E-state index in [1.54, 1.807) is 0 Å². The van der Waals surface area contributed by atoms with Gasteiger partial charge >= 0.3 is 7.82 Å². The van der Waals surface area contributed by atoms with Gasteiger partial charge in [-0.2, -0.15) is 0 Å². The molecule has 0 spiro atoms. The zero-order valence-corrected chi connectivity index (χ0v) is 8.30. The van der Waals surface area contributed by atoms with Crippen molar-refractivity contribution in [2.45, 2.75) is 26.2 Å². The molecule has 0 rings (SSSR count). The molecular formula is C5H19N2O4P. The fourth-order valence-electron chi connectivity index (χ4n) is 0.536. The lowest BCUT2D eigenvalue weighted by Crippen LogP contribution is -1.91. The molecule has 0 fully saturated rings. The molecule has 6 nitrogen and oxygen atoms in total. The average Bonchev–Trinajstić information content (AvgIpc) is 1.78. The Balaban J connectivity index is -0.000000405. The van der Waals surface area contributed by atoms with Crippen LogP contribution in [0.2, 0.25) is 0 Å². The maximum Gasteiger partial charge on any atom is 0.469 e. The number of hydrogen-bond acceptors (Lipinski definition) is 4. The molecule has 0 heterocycles. The zero-order valence-electron chi connectivity index (χ0n) is 7.40. The van der Waals surface area contributed by atoms with Crippen molar-refractivity contribution in [3.8, 4) is 0 Å². The van der Waals surface area contributed by atoms with E-state index in [9.17, 15) is 4.57 Å². The van der Waals surface area contributed by atoms with E-state index >= 15 is 0 Å². The molecule has 0 bridgehead atoms. The van der Waals surface area contributed by atoms with Crippen molar-refractivity contribution in [3.63, 3.8) is 0 Å². The van der Waals surface area contributed by atoms with Crippen LogP contribution in [0.15, 0.2) is 0 Å². The first-order valence-corrected chi connectivity index (χ1v) is 4.79. The lowest BCUT2D eigenvalue weighted by atomic mass is 10.3. The molecule has 0 amide bonds. The third-order valence-electron chi connectivity index (χ3n) is 1.01. The van der Waals surface area contributed by atoms with Crippen LogP contribution in [0.4, 0.5) is 0 Å². The summed E-state index contributed by atoms with van der Waals surface area (Å²) in [5, 5.41) is 0. The number of phosphoric ester groups is 1. The minimum absolute atomic E-state index is 0. The molecule has 8 N–H and O–H groups in total. The Kier molecular flexibility index (Phi) is 13.6. The molecule has 7 heteroatoms. The monoisotopic (exact) mass is 202 g/mol. The average molecular weight is 202 g/mol. The Bertz CT molecular complexity index is 127. The summed E-state index contributed by atoms with van der Waals surface area (Å²) in [7, 11) is -4.21. The van der Waals surface area contributed by atoms with Gasteiger partial charge in [0, 0.05) is 0 Å². The van der Waals surface area contributed by atoms with Crippen LogP contribution < -0.4 is 12.3 Å². The zero-order chi connectivity index (χ0) is 8.04. The predicted octanol–water partition coefficient (Wildman–Crippen LogP) is 1.61. The largest absolute Gasteiger partial charge is 0.469 e. The summed E-state index contributed by atoms with van der Waals surface area (Å²) >= 11 is 0. The van der Waals surface area contributed by atoms with Crippen LogP contribution >= 0.6 is 7.82 Å². The first-order chi connectivity index (χ1) is 4.56. The highest BCUT2D eigenvalue weighted by atomic mass is 31.2. The Hall–Kier alpha value is 0.0300. The van der Waals surface area contributed by atoms with Gasteiger partial charge in [0.05, 0.1) is 6.61 Å². The second-order valence-corrected chi connectivity index (χ2v) is 3.27. The molecule has 0 saturated heterocycles. The lowest BCUT2D eigenvalue weighted by Gasteiger charge is -2.02. The highest BCUT2D eigenvalue weighted by Crippen LogP contribution is 2.35. The van der Waals surface area contributed by atoms with E-state index < -0.39 is 7.82 Å². The molecule has 0 unspecified atom stereocenters. The van der Waals surface area contributed by atoms with Crippen LogP contribution in [0.1, 0.15) is 26.2 Å². The SMILES string of the molecule is CCCCCOP(=O)(O)O.N.N. The minimum atomic E-state index is -4.21. The quantitative estimate of drug-likeness (QED) is 0.394. The van der Waals surface area contributed by atoms with Gasteiger partial charge in [-0.15, -0.1) is 0 Å². The van der Waals surface area contributed by atoms with Gasteiger partial charge in [0.2, 0.25) is 0 Å². The van der Waals surface area contributed by atoms with E-state index in [1.165, 1.54) is 0 Å². The molecule has 0 aliphatic heterocycles. The molecular weight excluding hydrogens is 183 g/mol. The molecule has 0 aliphatic carbocycles. The van der Waals surface area contributed by atoms with Crippen LogP contribution in [0.3, 0.4) is 0 Å². The number of phosphoric acid groups is 1. The fourth-order valence-corrected chi connectivity index (χ4v) is 0.902. The summed E-state index contributed by atoms with van der Waals surface area (Å²) in [6.45, 7) is 2.16. The second-order valence-electron chi connectivity index (χ2n) is 2.03. The maximum absolute atomic E-state index is 10.1. The molecule has 0 atom stereocenters. The van der Waals surface area contributed by atoms with Crippen LogP contribution in [-0.2, 0) is 9.09 Å². The van der Waals surface area contributed by atoms with Gasteiger partial charge in [-0.3, -0.25) is 4.52 Å². The summed E-state index contributed by atoms with van der Waals surface area (Å²) in [6.07, 6.45) is 2.67. The smallest absolute Gasteiger partial charge is 0.344 e. The van der Waals surface area contributed by atoms with E-state index in [1.807, 2.05) is 6.92 Å². The van der Waals surface area contributed by atoms with Crippen molar-refractivity contribution in [2.24, 2.45) is 0 Å².